The van der Waals surface area contributed by atoms with Gasteiger partial charge in [0.05, 0.1) is 10.9 Å². The van der Waals surface area contributed by atoms with Crippen molar-refractivity contribution in [2.75, 3.05) is 0 Å². The van der Waals surface area contributed by atoms with E-state index in [1.807, 2.05) is 12.1 Å². The van der Waals surface area contributed by atoms with Crippen molar-refractivity contribution >= 4 is 10.8 Å². The molecule has 2 unspecified atom stereocenters. The van der Waals surface area contributed by atoms with Crippen LogP contribution in [0.1, 0.15) is 68.9 Å². The molecule has 4 rings (SSSR count). The Kier molecular flexibility index (Phi) is 4.69. The smallest absolute Gasteiger partial charge is 0.152 e. The van der Waals surface area contributed by atoms with Gasteiger partial charge in [0.1, 0.15) is 11.9 Å². The number of benzene rings is 2. The fourth-order valence-electron chi connectivity index (χ4n) is 5.46. The summed E-state index contributed by atoms with van der Waals surface area (Å²) in [6.45, 7) is 2.28. The average Bonchev–Trinajstić information content (AvgIpc) is 2.67. The van der Waals surface area contributed by atoms with Crippen molar-refractivity contribution in [3.63, 3.8) is 0 Å². The Morgan fingerprint density at radius 1 is 1.08 bits per heavy atom. The molecule has 3 heteroatoms. The summed E-state index contributed by atoms with van der Waals surface area (Å²) in [4.78, 5) is 0. The number of hydrogen-bond donors (Lipinski definition) is 0. The van der Waals surface area contributed by atoms with Gasteiger partial charge in [-0.3, -0.25) is 0 Å². The van der Waals surface area contributed by atoms with Crippen molar-refractivity contribution in [1.82, 2.24) is 0 Å². The van der Waals surface area contributed by atoms with Crippen LogP contribution in [0.5, 0.6) is 0 Å². The maximum Gasteiger partial charge on any atom is 0.152 e. The number of fused-ring (bicyclic) bond motifs is 2. The zero-order valence-electron chi connectivity index (χ0n) is 15.3. The van der Waals surface area contributed by atoms with Crippen LogP contribution < -0.4 is 0 Å². The molecule has 2 aromatic rings. The first-order valence-electron chi connectivity index (χ1n) is 9.93. The van der Waals surface area contributed by atoms with Crippen molar-refractivity contribution in [1.29, 1.82) is 5.26 Å². The van der Waals surface area contributed by atoms with Gasteiger partial charge in [0.25, 0.3) is 0 Å². The van der Waals surface area contributed by atoms with Gasteiger partial charge in [0.2, 0.25) is 0 Å². The third kappa shape index (κ3) is 2.90. The lowest BCUT2D eigenvalue weighted by Crippen LogP contribution is -2.30. The zero-order chi connectivity index (χ0) is 18.3. The molecule has 0 spiro atoms. The van der Waals surface area contributed by atoms with Crippen LogP contribution in [0.4, 0.5) is 8.78 Å². The van der Waals surface area contributed by atoms with Crippen LogP contribution in [0.3, 0.4) is 0 Å². The Labute approximate surface area is 154 Å². The van der Waals surface area contributed by atoms with Gasteiger partial charge in [-0.25, -0.2) is 8.78 Å². The second kappa shape index (κ2) is 6.99. The quantitative estimate of drug-likeness (QED) is 0.589. The lowest BCUT2D eigenvalue weighted by atomic mass is 9.63. The molecular formula is C23H25F2N. The molecule has 2 aromatic carbocycles. The van der Waals surface area contributed by atoms with E-state index in [2.05, 4.69) is 6.92 Å². The van der Waals surface area contributed by atoms with E-state index in [9.17, 15) is 14.0 Å². The van der Waals surface area contributed by atoms with Crippen LogP contribution in [0.2, 0.25) is 0 Å². The van der Waals surface area contributed by atoms with E-state index in [1.165, 1.54) is 38.2 Å². The van der Waals surface area contributed by atoms with E-state index < -0.39 is 11.6 Å². The van der Waals surface area contributed by atoms with E-state index in [0.29, 0.717) is 11.3 Å². The normalized spacial score (nSPS) is 28.5. The maximum atomic E-state index is 14.9. The van der Waals surface area contributed by atoms with Gasteiger partial charge in [-0.15, -0.1) is 0 Å². The van der Waals surface area contributed by atoms with E-state index in [4.69, 9.17) is 0 Å². The van der Waals surface area contributed by atoms with Crippen molar-refractivity contribution in [2.24, 2.45) is 17.8 Å². The third-order valence-electron chi connectivity index (χ3n) is 6.94. The second-order valence-electron chi connectivity index (χ2n) is 8.22. The summed E-state index contributed by atoms with van der Waals surface area (Å²) in [5, 5.41) is 10.1. The Morgan fingerprint density at radius 2 is 1.85 bits per heavy atom. The lowest BCUT2D eigenvalue weighted by Gasteiger charge is -2.42. The van der Waals surface area contributed by atoms with Crippen LogP contribution in [-0.4, -0.2) is 0 Å². The van der Waals surface area contributed by atoms with E-state index in [-0.39, 0.29) is 16.9 Å². The minimum Gasteiger partial charge on any atom is -0.206 e. The molecule has 0 amide bonds. The lowest BCUT2D eigenvalue weighted by molar-refractivity contribution is 0.116. The van der Waals surface area contributed by atoms with E-state index >= 15 is 0 Å². The third-order valence-corrected chi connectivity index (χ3v) is 6.94. The van der Waals surface area contributed by atoms with Crippen LogP contribution in [0.15, 0.2) is 24.3 Å². The summed E-state index contributed by atoms with van der Waals surface area (Å²) in [5.41, 5.74) is 0.840. The summed E-state index contributed by atoms with van der Waals surface area (Å²) in [5.74, 6) is 1.28. The number of hydrogen-bond acceptors (Lipinski definition) is 1. The van der Waals surface area contributed by atoms with Crippen LogP contribution in [0, 0.1) is 40.7 Å². The molecule has 0 aliphatic heterocycles. The van der Waals surface area contributed by atoms with Crippen molar-refractivity contribution in [3.05, 3.63) is 47.0 Å². The Balaban J connectivity index is 1.68. The fourth-order valence-corrected chi connectivity index (χ4v) is 5.46. The highest BCUT2D eigenvalue weighted by Crippen LogP contribution is 2.49. The van der Waals surface area contributed by atoms with Crippen molar-refractivity contribution in [2.45, 2.75) is 57.8 Å². The van der Waals surface area contributed by atoms with E-state index in [1.54, 1.807) is 12.1 Å². The first-order valence-corrected chi connectivity index (χ1v) is 9.93. The van der Waals surface area contributed by atoms with Gasteiger partial charge in [0, 0.05) is 0 Å². The first kappa shape index (κ1) is 17.5. The topological polar surface area (TPSA) is 23.8 Å². The first-order chi connectivity index (χ1) is 12.6. The van der Waals surface area contributed by atoms with Crippen LogP contribution in [0.25, 0.3) is 10.8 Å². The molecule has 1 nitrogen and oxygen atoms in total. The van der Waals surface area contributed by atoms with Crippen molar-refractivity contribution in [3.8, 4) is 6.07 Å². The molecule has 2 aliphatic carbocycles. The summed E-state index contributed by atoms with van der Waals surface area (Å²) in [6, 6.07) is 8.49. The molecule has 0 bridgehead atoms. The number of nitriles is 1. The Bertz CT molecular complexity index is 867. The largest absolute Gasteiger partial charge is 0.206 e. The molecule has 0 saturated heterocycles. The highest BCUT2D eigenvalue weighted by Gasteiger charge is 2.36. The summed E-state index contributed by atoms with van der Waals surface area (Å²) < 4.78 is 29.0. The molecule has 26 heavy (non-hydrogen) atoms. The van der Waals surface area contributed by atoms with E-state index in [0.717, 1.165) is 30.2 Å². The molecular weight excluding hydrogens is 328 g/mol. The summed E-state index contributed by atoms with van der Waals surface area (Å²) in [6.07, 6.45) is 8.37. The monoisotopic (exact) mass is 353 g/mol. The molecule has 2 fully saturated rings. The number of rotatable bonds is 2. The van der Waals surface area contributed by atoms with Gasteiger partial charge in [-0.05, 0) is 78.9 Å². The SMILES string of the molecule is CC[C@@H]1CC[C@@H]2CC(c3cc4cccc(F)c4c(F)c3C#N)CCC2C1. The van der Waals surface area contributed by atoms with Gasteiger partial charge >= 0.3 is 0 Å². The molecule has 2 saturated carbocycles. The van der Waals surface area contributed by atoms with Crippen LogP contribution in [-0.2, 0) is 0 Å². The minimum atomic E-state index is -0.685. The molecule has 0 heterocycles. The number of nitrogens with zero attached hydrogens (tertiary/aromatic N) is 1. The van der Waals surface area contributed by atoms with Crippen molar-refractivity contribution < 1.29 is 8.78 Å². The Hall–Kier alpha value is -1.95. The molecule has 0 N–H and O–H groups in total. The molecule has 0 radical (unpaired) electrons. The van der Waals surface area contributed by atoms with Crippen LogP contribution >= 0.6 is 0 Å². The molecule has 0 aromatic heterocycles. The fraction of sp³-hybridized carbons (Fsp3) is 0.522. The van der Waals surface area contributed by atoms with Gasteiger partial charge < -0.3 is 0 Å². The average molecular weight is 353 g/mol. The molecule has 4 atom stereocenters. The highest BCUT2D eigenvalue weighted by molar-refractivity contribution is 5.86. The predicted octanol–water partition coefficient (Wildman–Crippen LogP) is 6.70. The standard InChI is InChI=1S/C23H25F2N/c1-2-14-6-7-16-11-17(9-8-15(16)10-14)19-12-18-4-3-5-21(24)22(18)23(25)20(19)13-26/h3-5,12,14-17H,2,6-11H2,1H3/t14-,15?,16-,17?/m1/s1. The van der Waals surface area contributed by atoms with Gasteiger partial charge in [-0.1, -0.05) is 31.9 Å². The summed E-state index contributed by atoms with van der Waals surface area (Å²) in [7, 11) is 0. The number of halogens is 2. The zero-order valence-corrected chi connectivity index (χ0v) is 15.3. The summed E-state index contributed by atoms with van der Waals surface area (Å²) >= 11 is 0. The molecule has 136 valence electrons. The highest BCUT2D eigenvalue weighted by atomic mass is 19.1. The predicted molar refractivity (Wildman–Crippen MR) is 99.8 cm³/mol. The molecule has 2 aliphatic rings. The second-order valence-corrected chi connectivity index (χ2v) is 8.22. The Morgan fingerprint density at radius 3 is 2.62 bits per heavy atom. The van der Waals surface area contributed by atoms with Gasteiger partial charge in [0.15, 0.2) is 5.82 Å². The maximum absolute atomic E-state index is 14.9. The minimum absolute atomic E-state index is 0.0493. The van der Waals surface area contributed by atoms with Gasteiger partial charge in [-0.2, -0.15) is 5.26 Å².